The lowest BCUT2D eigenvalue weighted by Gasteiger charge is -2.06. The van der Waals surface area contributed by atoms with Crippen LogP contribution in [0.25, 0.3) is 0 Å². The normalized spacial score (nSPS) is 10.8. The van der Waals surface area contributed by atoms with E-state index in [1.807, 2.05) is 18.2 Å². The van der Waals surface area contributed by atoms with Crippen molar-refractivity contribution in [3.05, 3.63) is 59.8 Å². The van der Waals surface area contributed by atoms with Gasteiger partial charge in [0.15, 0.2) is 0 Å². The summed E-state index contributed by atoms with van der Waals surface area (Å²) in [7, 11) is 3.10. The fourth-order valence-corrected chi connectivity index (χ4v) is 3.73. The van der Waals surface area contributed by atoms with Crippen LogP contribution in [0.1, 0.15) is 30.9 Å². The quantitative estimate of drug-likeness (QED) is 0.689. The molecule has 0 bridgehead atoms. The molecular formula is C17H19NOS2. The highest BCUT2D eigenvalue weighted by Gasteiger charge is 2.06. The van der Waals surface area contributed by atoms with E-state index in [2.05, 4.69) is 43.1 Å². The first-order valence-electron chi connectivity index (χ1n) is 6.96. The summed E-state index contributed by atoms with van der Waals surface area (Å²) in [5.74, 6) is 1.29. The minimum absolute atomic E-state index is 0.251. The molecule has 0 aliphatic carbocycles. The van der Waals surface area contributed by atoms with Gasteiger partial charge in [-0.1, -0.05) is 55.0 Å². The standard InChI is InChI=1S/C17H19NOS2/c1-13(2)15-8-6-14(7-9-15)11-16(19)12-20-21-17-5-3-4-10-18-17/h3-10,13H,11-12H2,1-2H3. The van der Waals surface area contributed by atoms with Gasteiger partial charge in [0.1, 0.15) is 10.8 Å². The second-order valence-corrected chi connectivity index (χ2v) is 7.44. The molecule has 1 heterocycles. The third-order valence-electron chi connectivity index (χ3n) is 3.05. The molecule has 21 heavy (non-hydrogen) atoms. The molecule has 0 aliphatic heterocycles. The van der Waals surface area contributed by atoms with Gasteiger partial charge < -0.3 is 0 Å². The van der Waals surface area contributed by atoms with Crippen molar-refractivity contribution in [1.29, 1.82) is 0 Å². The summed E-state index contributed by atoms with van der Waals surface area (Å²) in [5, 5.41) is 0.941. The zero-order valence-corrected chi connectivity index (χ0v) is 13.9. The lowest BCUT2D eigenvalue weighted by atomic mass is 10.0. The first-order valence-corrected chi connectivity index (χ1v) is 9.28. The van der Waals surface area contributed by atoms with E-state index in [1.54, 1.807) is 27.8 Å². The van der Waals surface area contributed by atoms with Gasteiger partial charge in [0.05, 0.1) is 5.75 Å². The van der Waals surface area contributed by atoms with Crippen molar-refractivity contribution in [2.45, 2.75) is 31.2 Å². The molecule has 0 unspecified atom stereocenters. The van der Waals surface area contributed by atoms with Crippen molar-refractivity contribution < 1.29 is 4.79 Å². The predicted octanol–water partition coefficient (Wildman–Crippen LogP) is 4.76. The van der Waals surface area contributed by atoms with Crippen molar-refractivity contribution in [2.24, 2.45) is 0 Å². The molecule has 0 amide bonds. The Balaban J connectivity index is 1.76. The van der Waals surface area contributed by atoms with Crippen molar-refractivity contribution in [1.82, 2.24) is 4.98 Å². The molecule has 0 saturated heterocycles. The van der Waals surface area contributed by atoms with E-state index < -0.39 is 0 Å². The molecule has 0 atom stereocenters. The molecule has 1 aromatic heterocycles. The van der Waals surface area contributed by atoms with Gasteiger partial charge in [0, 0.05) is 12.6 Å². The fourth-order valence-electron chi connectivity index (χ4n) is 1.85. The van der Waals surface area contributed by atoms with Crippen LogP contribution < -0.4 is 0 Å². The van der Waals surface area contributed by atoms with Gasteiger partial charge in [-0.2, -0.15) is 0 Å². The Morgan fingerprint density at radius 2 is 1.90 bits per heavy atom. The number of benzene rings is 1. The minimum Gasteiger partial charge on any atom is -0.298 e. The summed E-state index contributed by atoms with van der Waals surface area (Å²) in [5.41, 5.74) is 2.40. The summed E-state index contributed by atoms with van der Waals surface area (Å²) < 4.78 is 0. The molecule has 0 fully saturated rings. The van der Waals surface area contributed by atoms with Crippen LogP contribution >= 0.6 is 21.6 Å². The largest absolute Gasteiger partial charge is 0.298 e. The lowest BCUT2D eigenvalue weighted by molar-refractivity contribution is -0.115. The Bertz CT molecular complexity index is 567. The van der Waals surface area contributed by atoms with Crippen molar-refractivity contribution in [3.63, 3.8) is 0 Å². The SMILES string of the molecule is CC(C)c1ccc(CC(=O)CSSc2ccccn2)cc1. The Labute approximate surface area is 134 Å². The molecule has 1 aromatic carbocycles. The predicted molar refractivity (Wildman–Crippen MR) is 91.8 cm³/mol. The molecule has 2 aromatic rings. The van der Waals surface area contributed by atoms with Gasteiger partial charge in [-0.25, -0.2) is 4.98 Å². The van der Waals surface area contributed by atoms with Gasteiger partial charge in [0.25, 0.3) is 0 Å². The van der Waals surface area contributed by atoms with Crippen LogP contribution in [-0.2, 0) is 11.2 Å². The number of hydrogen-bond donors (Lipinski definition) is 0. The number of carbonyl (C=O) groups excluding carboxylic acids is 1. The van der Waals surface area contributed by atoms with Gasteiger partial charge in [-0.15, -0.1) is 0 Å². The van der Waals surface area contributed by atoms with E-state index in [4.69, 9.17) is 0 Å². The van der Waals surface area contributed by atoms with Crippen LogP contribution in [0.3, 0.4) is 0 Å². The number of hydrogen-bond acceptors (Lipinski definition) is 4. The highest BCUT2D eigenvalue weighted by molar-refractivity contribution is 8.76. The fraction of sp³-hybridized carbons (Fsp3) is 0.294. The maximum Gasteiger partial charge on any atom is 0.147 e. The zero-order valence-electron chi connectivity index (χ0n) is 12.3. The molecular weight excluding hydrogens is 298 g/mol. The highest BCUT2D eigenvalue weighted by atomic mass is 33.1. The maximum absolute atomic E-state index is 12.0. The number of ketones is 1. The smallest absolute Gasteiger partial charge is 0.147 e. The molecule has 110 valence electrons. The molecule has 2 nitrogen and oxygen atoms in total. The van der Waals surface area contributed by atoms with E-state index in [1.165, 1.54) is 5.56 Å². The monoisotopic (exact) mass is 317 g/mol. The Morgan fingerprint density at radius 3 is 2.52 bits per heavy atom. The van der Waals surface area contributed by atoms with Gasteiger partial charge in [-0.3, -0.25) is 4.79 Å². The number of pyridine rings is 1. The zero-order chi connectivity index (χ0) is 15.1. The third-order valence-corrected chi connectivity index (χ3v) is 5.24. The Morgan fingerprint density at radius 1 is 1.14 bits per heavy atom. The number of aromatic nitrogens is 1. The summed E-state index contributed by atoms with van der Waals surface area (Å²) >= 11 is 0. The van der Waals surface area contributed by atoms with E-state index in [0.29, 0.717) is 18.1 Å². The summed E-state index contributed by atoms with van der Waals surface area (Å²) in [4.78, 5) is 16.2. The number of carbonyl (C=O) groups is 1. The van der Waals surface area contributed by atoms with Gasteiger partial charge >= 0.3 is 0 Å². The molecule has 0 aliphatic rings. The number of rotatable bonds is 7. The van der Waals surface area contributed by atoms with E-state index >= 15 is 0 Å². The van der Waals surface area contributed by atoms with E-state index in [0.717, 1.165) is 10.6 Å². The van der Waals surface area contributed by atoms with Gasteiger partial charge in [0.2, 0.25) is 0 Å². The maximum atomic E-state index is 12.0. The highest BCUT2D eigenvalue weighted by Crippen LogP contribution is 2.29. The molecule has 0 saturated carbocycles. The van der Waals surface area contributed by atoms with Crippen molar-refractivity contribution in [3.8, 4) is 0 Å². The van der Waals surface area contributed by atoms with Gasteiger partial charge in [-0.05, 0) is 40.0 Å². The topological polar surface area (TPSA) is 30.0 Å². The number of nitrogens with zero attached hydrogens (tertiary/aromatic N) is 1. The van der Waals surface area contributed by atoms with Crippen LogP contribution in [0.5, 0.6) is 0 Å². The summed E-state index contributed by atoms with van der Waals surface area (Å²) in [6.07, 6.45) is 2.27. The molecule has 2 rings (SSSR count). The Hall–Kier alpha value is -1.26. The van der Waals surface area contributed by atoms with Crippen LogP contribution in [0, 0.1) is 0 Å². The van der Waals surface area contributed by atoms with Crippen LogP contribution in [0.2, 0.25) is 0 Å². The summed E-state index contributed by atoms with van der Waals surface area (Å²) in [6.45, 7) is 4.34. The molecule has 0 radical (unpaired) electrons. The van der Waals surface area contributed by atoms with Crippen molar-refractivity contribution >= 4 is 27.4 Å². The van der Waals surface area contributed by atoms with Crippen LogP contribution in [0.15, 0.2) is 53.7 Å². The average molecular weight is 317 g/mol. The Kier molecular flexibility index (Phi) is 6.33. The molecule has 0 N–H and O–H groups in total. The minimum atomic E-state index is 0.251. The van der Waals surface area contributed by atoms with Crippen molar-refractivity contribution in [2.75, 3.05) is 5.75 Å². The summed E-state index contributed by atoms with van der Waals surface area (Å²) in [6, 6.07) is 14.1. The first-order chi connectivity index (χ1) is 10.1. The average Bonchev–Trinajstić information content (AvgIpc) is 2.49. The number of Topliss-reactive ketones (excluding diaryl/α,β-unsaturated/α-hetero) is 1. The van der Waals surface area contributed by atoms with E-state index in [9.17, 15) is 4.79 Å². The first kappa shape index (κ1) is 16.1. The second kappa shape index (κ2) is 8.25. The third kappa shape index (κ3) is 5.56. The molecule has 0 spiro atoms. The lowest BCUT2D eigenvalue weighted by Crippen LogP contribution is -2.05. The second-order valence-electron chi connectivity index (χ2n) is 5.13. The molecule has 4 heteroatoms. The van der Waals surface area contributed by atoms with Crippen LogP contribution in [0.4, 0.5) is 0 Å². The van der Waals surface area contributed by atoms with Crippen LogP contribution in [-0.4, -0.2) is 16.5 Å². The van der Waals surface area contributed by atoms with E-state index in [-0.39, 0.29) is 5.78 Å².